The van der Waals surface area contributed by atoms with E-state index < -0.39 is 0 Å². The summed E-state index contributed by atoms with van der Waals surface area (Å²) in [5, 5.41) is 0. The minimum Gasteiger partial charge on any atom is -0.282 e. The minimum atomic E-state index is 0.933. The van der Waals surface area contributed by atoms with Crippen molar-refractivity contribution >= 4 is 23.5 Å². The lowest BCUT2D eigenvalue weighted by atomic mass is 10.2. The van der Waals surface area contributed by atoms with Crippen LogP contribution in [0.4, 0.5) is 0 Å². The molecule has 1 nitrogen and oxygen atoms in total. The van der Waals surface area contributed by atoms with E-state index in [0.29, 0.717) is 0 Å². The topological polar surface area (TPSA) is 3.24 Å². The van der Waals surface area contributed by atoms with Crippen LogP contribution in [-0.2, 0) is 0 Å². The van der Waals surface area contributed by atoms with E-state index in [4.69, 9.17) is 0 Å². The predicted molar refractivity (Wildman–Crippen MR) is 58.7 cm³/mol. The van der Waals surface area contributed by atoms with Crippen molar-refractivity contribution in [2.45, 2.75) is 31.7 Å². The Hall–Kier alpha value is 0.660. The molecule has 12 heavy (non-hydrogen) atoms. The molecule has 1 heterocycles. The number of hydrogen-bond acceptors (Lipinski definition) is 3. The standard InChI is InChI=1S/C9H17NS2/c1-2-4-9(3-1)10-7-11-5-6-12-8-10/h9H,1-8H2. The number of rotatable bonds is 1. The molecular formula is C9H17NS2. The van der Waals surface area contributed by atoms with Gasteiger partial charge in [0.1, 0.15) is 0 Å². The van der Waals surface area contributed by atoms with E-state index in [1.807, 2.05) is 0 Å². The molecule has 0 aromatic heterocycles. The fourth-order valence-electron chi connectivity index (χ4n) is 2.00. The molecule has 0 bridgehead atoms. The molecule has 0 unspecified atom stereocenters. The fourth-order valence-corrected chi connectivity index (χ4v) is 4.39. The molecular weight excluding hydrogens is 186 g/mol. The summed E-state index contributed by atoms with van der Waals surface area (Å²) < 4.78 is 0. The maximum atomic E-state index is 2.69. The van der Waals surface area contributed by atoms with Gasteiger partial charge in [0.2, 0.25) is 0 Å². The molecule has 3 heteroatoms. The van der Waals surface area contributed by atoms with Crippen molar-refractivity contribution in [2.75, 3.05) is 23.3 Å². The van der Waals surface area contributed by atoms with Gasteiger partial charge in [-0.25, -0.2) is 0 Å². The summed E-state index contributed by atoms with van der Waals surface area (Å²) in [6.45, 7) is 0. The number of thioether (sulfide) groups is 2. The summed E-state index contributed by atoms with van der Waals surface area (Å²) in [7, 11) is 0. The highest BCUT2D eigenvalue weighted by atomic mass is 32.2. The van der Waals surface area contributed by atoms with Gasteiger partial charge in [-0.1, -0.05) is 12.8 Å². The van der Waals surface area contributed by atoms with E-state index >= 15 is 0 Å². The summed E-state index contributed by atoms with van der Waals surface area (Å²) in [5.41, 5.74) is 0. The van der Waals surface area contributed by atoms with Crippen molar-refractivity contribution in [3.8, 4) is 0 Å². The third kappa shape index (κ3) is 2.33. The molecule has 1 aliphatic carbocycles. The highest BCUT2D eigenvalue weighted by Gasteiger charge is 2.22. The molecule has 0 N–H and O–H groups in total. The van der Waals surface area contributed by atoms with Crippen LogP contribution in [0.2, 0.25) is 0 Å². The highest BCUT2D eigenvalue weighted by molar-refractivity contribution is 8.03. The Kier molecular flexibility index (Phi) is 3.67. The molecule has 2 fully saturated rings. The lowest BCUT2D eigenvalue weighted by molar-refractivity contribution is 0.276. The van der Waals surface area contributed by atoms with E-state index in [1.165, 1.54) is 48.9 Å². The zero-order chi connectivity index (χ0) is 8.23. The second-order valence-corrected chi connectivity index (χ2v) is 5.75. The summed E-state index contributed by atoms with van der Waals surface area (Å²) >= 11 is 4.23. The summed E-state index contributed by atoms with van der Waals surface area (Å²) in [6.07, 6.45) is 5.86. The van der Waals surface area contributed by atoms with Crippen LogP contribution in [0.15, 0.2) is 0 Å². The van der Waals surface area contributed by atoms with Crippen molar-refractivity contribution in [1.82, 2.24) is 4.90 Å². The van der Waals surface area contributed by atoms with Crippen LogP contribution in [0.25, 0.3) is 0 Å². The molecule has 0 amide bonds. The molecule has 0 radical (unpaired) electrons. The van der Waals surface area contributed by atoms with E-state index in [9.17, 15) is 0 Å². The Morgan fingerprint density at radius 3 is 2.08 bits per heavy atom. The highest BCUT2D eigenvalue weighted by Crippen LogP contribution is 2.28. The van der Waals surface area contributed by atoms with Gasteiger partial charge in [0.25, 0.3) is 0 Å². The number of nitrogens with zero attached hydrogens (tertiary/aromatic N) is 1. The zero-order valence-corrected chi connectivity index (χ0v) is 9.13. The largest absolute Gasteiger partial charge is 0.282 e. The third-order valence-electron chi connectivity index (χ3n) is 2.73. The third-order valence-corrected chi connectivity index (χ3v) is 5.00. The first kappa shape index (κ1) is 9.22. The van der Waals surface area contributed by atoms with Gasteiger partial charge < -0.3 is 0 Å². The van der Waals surface area contributed by atoms with Gasteiger partial charge in [-0.15, -0.1) is 23.5 Å². The second kappa shape index (κ2) is 4.77. The second-order valence-electron chi connectivity index (χ2n) is 3.60. The lowest BCUT2D eigenvalue weighted by Gasteiger charge is -2.25. The van der Waals surface area contributed by atoms with Gasteiger partial charge in [-0.2, -0.15) is 0 Å². The molecule has 1 saturated carbocycles. The average Bonchev–Trinajstić information content (AvgIpc) is 2.48. The Morgan fingerprint density at radius 1 is 0.917 bits per heavy atom. The first-order chi connectivity index (χ1) is 5.97. The van der Waals surface area contributed by atoms with Crippen LogP contribution >= 0.6 is 23.5 Å². The van der Waals surface area contributed by atoms with Crippen LogP contribution in [0, 0.1) is 0 Å². The van der Waals surface area contributed by atoms with Gasteiger partial charge in [-0.3, -0.25) is 4.90 Å². The summed E-state index contributed by atoms with van der Waals surface area (Å²) in [6, 6.07) is 0.933. The first-order valence-corrected chi connectivity index (χ1v) is 7.17. The zero-order valence-electron chi connectivity index (χ0n) is 7.50. The van der Waals surface area contributed by atoms with E-state index in [0.717, 1.165) is 6.04 Å². The fraction of sp³-hybridized carbons (Fsp3) is 1.00. The minimum absolute atomic E-state index is 0.933. The van der Waals surface area contributed by atoms with Gasteiger partial charge in [0.05, 0.1) is 0 Å². The van der Waals surface area contributed by atoms with Crippen LogP contribution in [0.5, 0.6) is 0 Å². The summed E-state index contributed by atoms with van der Waals surface area (Å²) in [5.74, 6) is 5.29. The molecule has 0 spiro atoms. The smallest absolute Gasteiger partial charge is 0.0455 e. The van der Waals surface area contributed by atoms with E-state index in [1.54, 1.807) is 0 Å². The Balaban J connectivity index is 1.83. The molecule has 0 aromatic carbocycles. The molecule has 2 rings (SSSR count). The van der Waals surface area contributed by atoms with Gasteiger partial charge in [-0.05, 0) is 12.8 Å². The molecule has 0 atom stereocenters. The van der Waals surface area contributed by atoms with Crippen molar-refractivity contribution in [2.24, 2.45) is 0 Å². The predicted octanol–water partition coefficient (Wildman–Crippen LogP) is 2.63. The molecule has 0 aromatic rings. The maximum absolute atomic E-state index is 2.69. The van der Waals surface area contributed by atoms with Crippen LogP contribution < -0.4 is 0 Å². The Bertz CT molecular complexity index is 126. The van der Waals surface area contributed by atoms with Crippen LogP contribution in [0.3, 0.4) is 0 Å². The molecule has 1 saturated heterocycles. The van der Waals surface area contributed by atoms with Crippen molar-refractivity contribution < 1.29 is 0 Å². The van der Waals surface area contributed by atoms with Crippen LogP contribution in [-0.4, -0.2) is 34.2 Å². The molecule has 70 valence electrons. The first-order valence-electron chi connectivity index (χ1n) is 4.86. The van der Waals surface area contributed by atoms with Crippen molar-refractivity contribution in [1.29, 1.82) is 0 Å². The van der Waals surface area contributed by atoms with Gasteiger partial charge >= 0.3 is 0 Å². The Morgan fingerprint density at radius 2 is 1.50 bits per heavy atom. The average molecular weight is 203 g/mol. The lowest BCUT2D eigenvalue weighted by Crippen LogP contribution is -2.31. The quantitative estimate of drug-likeness (QED) is 0.645. The van der Waals surface area contributed by atoms with Gasteiger partial charge in [0, 0.05) is 29.3 Å². The SMILES string of the molecule is C1CCC(N2CSCCSC2)C1. The molecule has 1 aliphatic heterocycles. The molecule has 2 aliphatic rings. The number of hydrogen-bond donors (Lipinski definition) is 0. The van der Waals surface area contributed by atoms with E-state index in [-0.39, 0.29) is 0 Å². The monoisotopic (exact) mass is 203 g/mol. The summed E-state index contributed by atoms with van der Waals surface area (Å²) in [4.78, 5) is 2.69. The van der Waals surface area contributed by atoms with Gasteiger partial charge in [0.15, 0.2) is 0 Å². The van der Waals surface area contributed by atoms with Crippen molar-refractivity contribution in [3.63, 3.8) is 0 Å². The Labute approximate surface area is 83.7 Å². The normalized spacial score (nSPS) is 29.0. The van der Waals surface area contributed by atoms with Crippen molar-refractivity contribution in [3.05, 3.63) is 0 Å². The van der Waals surface area contributed by atoms with E-state index in [2.05, 4.69) is 28.4 Å². The maximum Gasteiger partial charge on any atom is 0.0455 e. The van der Waals surface area contributed by atoms with Crippen LogP contribution in [0.1, 0.15) is 25.7 Å².